The molecule has 0 spiro atoms. The lowest BCUT2D eigenvalue weighted by Crippen LogP contribution is -2.55. The molecule has 164 valence electrons. The number of nitrogens with zero attached hydrogens (tertiary/aromatic N) is 1. The smallest absolute Gasteiger partial charge is 0.323 e. The molecule has 1 heterocycles. The van der Waals surface area contributed by atoms with Crippen LogP contribution in [0.15, 0.2) is 0 Å². The van der Waals surface area contributed by atoms with Crippen molar-refractivity contribution in [1.29, 1.82) is 0 Å². The van der Waals surface area contributed by atoms with Gasteiger partial charge >= 0.3 is 5.97 Å². The highest BCUT2D eigenvalue weighted by molar-refractivity contribution is 5.76. The van der Waals surface area contributed by atoms with Crippen molar-refractivity contribution < 1.29 is 9.53 Å². The molecule has 4 aliphatic carbocycles. The number of fused-ring (bicyclic) bond motifs is 3. The molecule has 0 bridgehead atoms. The summed E-state index contributed by atoms with van der Waals surface area (Å²) < 4.78 is 6.30. The Labute approximate surface area is 178 Å². The average molecular weight is 402 g/mol. The fraction of sp³-hybridized carbons (Fsp3) is 0.962. The molecule has 0 aromatic rings. The third-order valence-electron chi connectivity index (χ3n) is 9.37. The molecule has 0 aromatic heterocycles. The summed E-state index contributed by atoms with van der Waals surface area (Å²) in [4.78, 5) is 16.6. The molecule has 5 aliphatic rings. The van der Waals surface area contributed by atoms with Gasteiger partial charge in [0.15, 0.2) is 0 Å². The Hall–Kier alpha value is -0.570. The Balaban J connectivity index is 1.41. The summed E-state index contributed by atoms with van der Waals surface area (Å²) in [6.45, 7) is 0. The molecule has 0 amide bonds. The van der Waals surface area contributed by atoms with Gasteiger partial charge in [-0.25, -0.2) is 0 Å². The van der Waals surface area contributed by atoms with E-state index < -0.39 is 0 Å². The summed E-state index contributed by atoms with van der Waals surface area (Å²) in [5.74, 6) is 2.45. The van der Waals surface area contributed by atoms with Gasteiger partial charge in [0.05, 0.1) is 0 Å². The van der Waals surface area contributed by atoms with Gasteiger partial charge in [-0.3, -0.25) is 9.69 Å². The van der Waals surface area contributed by atoms with Crippen molar-refractivity contribution in [3.8, 4) is 0 Å². The molecule has 0 radical (unpaired) electrons. The molecule has 0 N–H and O–H groups in total. The minimum Gasteiger partial charge on any atom is -0.461 e. The van der Waals surface area contributed by atoms with E-state index in [0.717, 1.165) is 24.7 Å². The average Bonchev–Trinajstić information content (AvgIpc) is 3.10. The van der Waals surface area contributed by atoms with Crippen LogP contribution in [0.25, 0.3) is 0 Å². The maximum absolute atomic E-state index is 13.8. The van der Waals surface area contributed by atoms with Gasteiger partial charge in [0.1, 0.15) is 12.1 Å². The molecular formula is C26H43NO2. The van der Waals surface area contributed by atoms with Crippen LogP contribution in [0.5, 0.6) is 0 Å². The van der Waals surface area contributed by atoms with E-state index in [0.29, 0.717) is 18.0 Å². The van der Waals surface area contributed by atoms with Crippen molar-refractivity contribution in [1.82, 2.24) is 4.90 Å². The first-order valence-corrected chi connectivity index (χ1v) is 13.3. The van der Waals surface area contributed by atoms with Crippen LogP contribution in [0.3, 0.4) is 0 Å². The van der Waals surface area contributed by atoms with Crippen molar-refractivity contribution in [2.75, 3.05) is 0 Å². The standard InChI is InChI=1S/C26H43NO2/c28-26(29-20-13-5-2-6-14-20)25(19-11-3-1-4-12-19)27-23-17-9-7-15-21(23)22-16-8-10-18-24(22)27/h19-25H,1-18H2. The van der Waals surface area contributed by atoms with E-state index in [1.165, 1.54) is 103 Å². The normalized spacial score (nSPS) is 38.2. The van der Waals surface area contributed by atoms with Crippen LogP contribution in [-0.2, 0) is 9.53 Å². The highest BCUT2D eigenvalue weighted by Gasteiger charge is 2.54. The predicted molar refractivity (Wildman–Crippen MR) is 117 cm³/mol. The first kappa shape index (κ1) is 20.3. The van der Waals surface area contributed by atoms with Gasteiger partial charge in [-0.1, -0.05) is 51.4 Å². The number of likely N-dealkylation sites (tertiary alicyclic amines) is 1. The van der Waals surface area contributed by atoms with Gasteiger partial charge in [-0.15, -0.1) is 0 Å². The van der Waals surface area contributed by atoms with Crippen molar-refractivity contribution in [3.63, 3.8) is 0 Å². The van der Waals surface area contributed by atoms with E-state index in [2.05, 4.69) is 4.90 Å². The van der Waals surface area contributed by atoms with E-state index >= 15 is 0 Å². The highest BCUT2D eigenvalue weighted by Crippen LogP contribution is 2.51. The van der Waals surface area contributed by atoms with Gasteiger partial charge < -0.3 is 4.74 Å². The zero-order valence-electron chi connectivity index (χ0n) is 18.5. The maximum Gasteiger partial charge on any atom is 0.323 e. The second-order valence-electron chi connectivity index (χ2n) is 11.0. The molecule has 29 heavy (non-hydrogen) atoms. The molecule has 1 saturated heterocycles. The van der Waals surface area contributed by atoms with Gasteiger partial charge in [-0.2, -0.15) is 0 Å². The second kappa shape index (κ2) is 9.28. The van der Waals surface area contributed by atoms with Gasteiger partial charge in [0, 0.05) is 12.1 Å². The van der Waals surface area contributed by atoms with Crippen molar-refractivity contribution in [3.05, 3.63) is 0 Å². The van der Waals surface area contributed by atoms with Crippen molar-refractivity contribution in [2.24, 2.45) is 17.8 Å². The third-order valence-corrected chi connectivity index (χ3v) is 9.37. The van der Waals surface area contributed by atoms with E-state index in [9.17, 15) is 4.79 Å². The summed E-state index contributed by atoms with van der Waals surface area (Å²) in [7, 11) is 0. The lowest BCUT2D eigenvalue weighted by atomic mass is 9.73. The maximum atomic E-state index is 13.8. The summed E-state index contributed by atoms with van der Waals surface area (Å²) in [6, 6.07) is 1.40. The molecule has 0 aromatic carbocycles. The molecule has 1 aliphatic heterocycles. The summed E-state index contributed by atoms with van der Waals surface area (Å²) >= 11 is 0. The van der Waals surface area contributed by atoms with E-state index in [1.54, 1.807) is 0 Å². The van der Waals surface area contributed by atoms with E-state index in [4.69, 9.17) is 4.74 Å². The van der Waals surface area contributed by atoms with Crippen LogP contribution in [0.1, 0.15) is 116 Å². The first-order valence-electron chi connectivity index (χ1n) is 13.3. The van der Waals surface area contributed by atoms with E-state index in [1.807, 2.05) is 0 Å². The minimum absolute atomic E-state index is 0.0657. The van der Waals surface area contributed by atoms with Gasteiger partial charge in [-0.05, 0) is 82.0 Å². The van der Waals surface area contributed by atoms with Crippen LogP contribution in [0.2, 0.25) is 0 Å². The lowest BCUT2D eigenvalue weighted by molar-refractivity contribution is -0.162. The van der Waals surface area contributed by atoms with Crippen LogP contribution in [0, 0.1) is 17.8 Å². The molecule has 5 unspecified atom stereocenters. The van der Waals surface area contributed by atoms with Crippen LogP contribution in [0.4, 0.5) is 0 Å². The second-order valence-corrected chi connectivity index (χ2v) is 11.0. The molecule has 5 rings (SSSR count). The molecule has 4 saturated carbocycles. The summed E-state index contributed by atoms with van der Waals surface area (Å²) in [5.41, 5.74) is 0. The molecule has 3 nitrogen and oxygen atoms in total. The Kier molecular flexibility index (Phi) is 6.51. The molecule has 3 heteroatoms. The Bertz CT molecular complexity index is 529. The number of rotatable bonds is 4. The molecule has 5 atom stereocenters. The van der Waals surface area contributed by atoms with Crippen molar-refractivity contribution >= 4 is 5.97 Å². The highest BCUT2D eigenvalue weighted by atomic mass is 16.5. The van der Waals surface area contributed by atoms with Gasteiger partial charge in [0.25, 0.3) is 0 Å². The number of esters is 1. The Morgan fingerprint density at radius 1 is 0.621 bits per heavy atom. The minimum atomic E-state index is 0.0657. The number of ether oxygens (including phenoxy) is 1. The summed E-state index contributed by atoms with van der Waals surface area (Å²) in [6.07, 6.45) is 23.7. The van der Waals surface area contributed by atoms with Crippen LogP contribution >= 0.6 is 0 Å². The Morgan fingerprint density at radius 3 is 1.69 bits per heavy atom. The SMILES string of the molecule is O=C(OC1CCCCC1)C(C1CCCCC1)N1C2CCCCC2C2CCCCC21. The molecular weight excluding hydrogens is 358 g/mol. The Morgan fingerprint density at radius 2 is 1.10 bits per heavy atom. The number of hydrogen-bond donors (Lipinski definition) is 0. The number of carbonyl (C=O) groups excluding carboxylic acids is 1. The monoisotopic (exact) mass is 401 g/mol. The number of carbonyl (C=O) groups is 1. The lowest BCUT2D eigenvalue weighted by Gasteiger charge is -2.44. The van der Waals surface area contributed by atoms with Crippen LogP contribution < -0.4 is 0 Å². The van der Waals surface area contributed by atoms with E-state index in [-0.39, 0.29) is 18.1 Å². The number of hydrogen-bond acceptors (Lipinski definition) is 3. The topological polar surface area (TPSA) is 29.5 Å². The summed E-state index contributed by atoms with van der Waals surface area (Å²) in [5, 5.41) is 0. The fourth-order valence-corrected chi connectivity index (χ4v) is 8.10. The largest absolute Gasteiger partial charge is 0.461 e. The fourth-order valence-electron chi connectivity index (χ4n) is 8.10. The van der Waals surface area contributed by atoms with Crippen molar-refractivity contribution in [2.45, 2.75) is 140 Å². The zero-order chi connectivity index (χ0) is 19.6. The first-order chi connectivity index (χ1) is 14.3. The molecule has 5 fully saturated rings. The quantitative estimate of drug-likeness (QED) is 0.522. The zero-order valence-corrected chi connectivity index (χ0v) is 18.5. The third kappa shape index (κ3) is 4.14. The van der Waals surface area contributed by atoms with Crippen LogP contribution in [-0.4, -0.2) is 35.1 Å². The van der Waals surface area contributed by atoms with Gasteiger partial charge in [0.2, 0.25) is 0 Å². The predicted octanol–water partition coefficient (Wildman–Crippen LogP) is 6.24.